The highest BCUT2D eigenvalue weighted by Crippen LogP contribution is 2.32. The lowest BCUT2D eigenvalue weighted by molar-refractivity contribution is -0.119. The van der Waals surface area contributed by atoms with Gasteiger partial charge in [0.2, 0.25) is 0 Å². The van der Waals surface area contributed by atoms with Gasteiger partial charge in [0.1, 0.15) is 5.82 Å². The number of amides is 2. The lowest BCUT2D eigenvalue weighted by Crippen LogP contribution is -2.32. The van der Waals surface area contributed by atoms with Crippen LogP contribution in [0.4, 0.5) is 4.39 Å². The van der Waals surface area contributed by atoms with E-state index in [1.807, 2.05) is 0 Å². The number of nitrogens with two attached hydrogens (primary N) is 1. The zero-order valence-electron chi connectivity index (χ0n) is 15.7. The molecule has 0 bridgehead atoms. The van der Waals surface area contributed by atoms with Crippen LogP contribution in [-0.4, -0.2) is 37.0 Å². The van der Waals surface area contributed by atoms with Crippen LogP contribution in [0.5, 0.6) is 11.5 Å². The maximum Gasteiger partial charge on any atom is 0.255 e. The Labute approximate surface area is 163 Å². The number of nitrogens with zero attached hydrogens (tertiary/aromatic N) is 1. The van der Waals surface area contributed by atoms with Crippen molar-refractivity contribution in [2.45, 2.75) is 19.4 Å². The molecule has 2 amide bonds. The molecule has 0 radical (unpaired) electrons. The fraction of sp³-hybridized carbons (Fsp3) is 0.333. The standard InChI is InChI=1S/C21H23FN2O4/c1-27-19-10-16(6-9-18(19)28-13-20(23)25)21(26)24(11-14-2-3-14)12-15-4-7-17(22)8-5-15/h4-10,14H,2-3,11-13H2,1H3,(H2,23,25). The van der Waals surface area contributed by atoms with Gasteiger partial charge in [-0.15, -0.1) is 0 Å². The number of hydrogen-bond donors (Lipinski definition) is 1. The maximum absolute atomic E-state index is 13.2. The van der Waals surface area contributed by atoms with Crippen LogP contribution >= 0.6 is 0 Å². The molecule has 7 heteroatoms. The van der Waals surface area contributed by atoms with Crippen molar-refractivity contribution in [2.24, 2.45) is 11.7 Å². The Bertz CT molecular complexity index is 850. The minimum absolute atomic E-state index is 0.143. The van der Waals surface area contributed by atoms with Gasteiger partial charge in [-0.25, -0.2) is 4.39 Å². The fourth-order valence-electron chi connectivity index (χ4n) is 2.89. The van der Waals surface area contributed by atoms with E-state index >= 15 is 0 Å². The van der Waals surface area contributed by atoms with Gasteiger partial charge in [-0.1, -0.05) is 12.1 Å². The average molecular weight is 386 g/mol. The molecule has 1 aliphatic rings. The average Bonchev–Trinajstić information content (AvgIpc) is 3.51. The third kappa shape index (κ3) is 5.22. The molecule has 1 aliphatic carbocycles. The van der Waals surface area contributed by atoms with Gasteiger partial charge in [-0.2, -0.15) is 0 Å². The van der Waals surface area contributed by atoms with E-state index in [0.29, 0.717) is 36.1 Å². The van der Waals surface area contributed by atoms with E-state index < -0.39 is 5.91 Å². The summed E-state index contributed by atoms with van der Waals surface area (Å²) in [5.74, 6) is 0.142. The fourth-order valence-corrected chi connectivity index (χ4v) is 2.89. The van der Waals surface area contributed by atoms with Crippen LogP contribution in [0.15, 0.2) is 42.5 Å². The molecule has 2 aromatic carbocycles. The number of primary amides is 1. The highest BCUT2D eigenvalue weighted by Gasteiger charge is 2.28. The summed E-state index contributed by atoms with van der Waals surface area (Å²) in [5.41, 5.74) is 6.41. The van der Waals surface area contributed by atoms with Crippen molar-refractivity contribution in [1.29, 1.82) is 0 Å². The molecule has 0 spiro atoms. The van der Waals surface area contributed by atoms with Crippen molar-refractivity contribution in [3.05, 3.63) is 59.4 Å². The third-order valence-electron chi connectivity index (χ3n) is 4.53. The van der Waals surface area contributed by atoms with Crippen LogP contribution in [0, 0.1) is 11.7 Å². The summed E-state index contributed by atoms with van der Waals surface area (Å²) in [5, 5.41) is 0. The summed E-state index contributed by atoms with van der Waals surface area (Å²) in [6.45, 7) is 0.776. The number of carbonyl (C=O) groups excluding carboxylic acids is 2. The molecule has 3 rings (SSSR count). The van der Waals surface area contributed by atoms with Gasteiger partial charge >= 0.3 is 0 Å². The van der Waals surface area contributed by atoms with Crippen LogP contribution in [0.25, 0.3) is 0 Å². The van der Waals surface area contributed by atoms with Crippen molar-refractivity contribution in [3.8, 4) is 11.5 Å². The molecule has 0 atom stereocenters. The minimum atomic E-state index is -0.600. The summed E-state index contributed by atoms with van der Waals surface area (Å²) < 4.78 is 23.8. The number of carbonyl (C=O) groups is 2. The SMILES string of the molecule is COc1cc(C(=O)N(Cc2ccc(F)cc2)CC2CC2)ccc1OCC(N)=O. The van der Waals surface area contributed by atoms with Crippen molar-refractivity contribution >= 4 is 11.8 Å². The van der Waals surface area contributed by atoms with Crippen LogP contribution in [0.2, 0.25) is 0 Å². The maximum atomic E-state index is 13.2. The predicted octanol–water partition coefficient (Wildman–Crippen LogP) is 2.75. The summed E-state index contributed by atoms with van der Waals surface area (Å²) in [6.07, 6.45) is 2.22. The van der Waals surface area contributed by atoms with E-state index in [0.717, 1.165) is 18.4 Å². The monoisotopic (exact) mass is 386 g/mol. The Kier molecular flexibility index (Phi) is 6.13. The smallest absolute Gasteiger partial charge is 0.255 e. The van der Waals surface area contributed by atoms with E-state index in [-0.39, 0.29) is 18.3 Å². The molecule has 0 saturated heterocycles. The Morgan fingerprint density at radius 3 is 2.46 bits per heavy atom. The first-order chi connectivity index (χ1) is 13.5. The van der Waals surface area contributed by atoms with Crippen LogP contribution < -0.4 is 15.2 Å². The topological polar surface area (TPSA) is 81.9 Å². The van der Waals surface area contributed by atoms with Gasteiger partial charge in [0, 0.05) is 18.7 Å². The first-order valence-corrected chi connectivity index (χ1v) is 9.09. The molecule has 0 aromatic heterocycles. The number of halogens is 1. The molecular weight excluding hydrogens is 363 g/mol. The number of ether oxygens (including phenoxy) is 2. The van der Waals surface area contributed by atoms with Crippen molar-refractivity contribution in [1.82, 2.24) is 4.90 Å². The van der Waals surface area contributed by atoms with Crippen molar-refractivity contribution in [2.75, 3.05) is 20.3 Å². The van der Waals surface area contributed by atoms with E-state index in [1.54, 1.807) is 35.2 Å². The van der Waals surface area contributed by atoms with Crippen LogP contribution in [0.1, 0.15) is 28.8 Å². The van der Waals surface area contributed by atoms with Gasteiger partial charge in [-0.3, -0.25) is 9.59 Å². The highest BCUT2D eigenvalue weighted by molar-refractivity contribution is 5.95. The number of rotatable bonds is 9. The molecule has 2 N–H and O–H groups in total. The lowest BCUT2D eigenvalue weighted by atomic mass is 10.1. The number of hydrogen-bond acceptors (Lipinski definition) is 4. The van der Waals surface area contributed by atoms with Crippen molar-refractivity contribution in [3.63, 3.8) is 0 Å². The van der Waals surface area contributed by atoms with Crippen LogP contribution in [0.3, 0.4) is 0 Å². The molecule has 6 nitrogen and oxygen atoms in total. The minimum Gasteiger partial charge on any atom is -0.493 e. The molecule has 2 aromatic rings. The zero-order valence-corrected chi connectivity index (χ0v) is 15.7. The Morgan fingerprint density at radius 2 is 1.86 bits per heavy atom. The lowest BCUT2D eigenvalue weighted by Gasteiger charge is -2.23. The van der Waals surface area contributed by atoms with E-state index in [2.05, 4.69) is 0 Å². The summed E-state index contributed by atoms with van der Waals surface area (Å²) in [6, 6.07) is 11.0. The summed E-state index contributed by atoms with van der Waals surface area (Å²) in [7, 11) is 1.46. The number of methoxy groups -OCH3 is 1. The Morgan fingerprint density at radius 1 is 1.14 bits per heavy atom. The highest BCUT2D eigenvalue weighted by atomic mass is 19.1. The quantitative estimate of drug-likeness (QED) is 0.718. The molecule has 1 fully saturated rings. The largest absolute Gasteiger partial charge is 0.493 e. The second-order valence-corrected chi connectivity index (χ2v) is 6.88. The van der Waals surface area contributed by atoms with E-state index in [9.17, 15) is 14.0 Å². The molecule has 148 valence electrons. The second kappa shape index (κ2) is 8.73. The number of benzene rings is 2. The predicted molar refractivity (Wildman–Crippen MR) is 102 cm³/mol. The molecule has 0 unspecified atom stereocenters. The van der Waals surface area contributed by atoms with E-state index in [1.165, 1.54) is 19.2 Å². The first kappa shape index (κ1) is 19.7. The second-order valence-electron chi connectivity index (χ2n) is 6.88. The molecule has 28 heavy (non-hydrogen) atoms. The van der Waals surface area contributed by atoms with Crippen molar-refractivity contribution < 1.29 is 23.5 Å². The van der Waals surface area contributed by atoms with Crippen LogP contribution in [-0.2, 0) is 11.3 Å². The Hall–Kier alpha value is -3.09. The van der Waals surface area contributed by atoms with Gasteiger partial charge in [0.15, 0.2) is 18.1 Å². The van der Waals surface area contributed by atoms with Gasteiger partial charge in [0.05, 0.1) is 7.11 Å². The normalized spacial score (nSPS) is 13.1. The zero-order chi connectivity index (χ0) is 20.1. The van der Waals surface area contributed by atoms with Gasteiger partial charge in [0.25, 0.3) is 11.8 Å². The van der Waals surface area contributed by atoms with Gasteiger partial charge < -0.3 is 20.1 Å². The Balaban J connectivity index is 1.79. The molecular formula is C21H23FN2O4. The molecule has 0 aliphatic heterocycles. The molecule has 0 heterocycles. The van der Waals surface area contributed by atoms with E-state index in [4.69, 9.17) is 15.2 Å². The van der Waals surface area contributed by atoms with Gasteiger partial charge in [-0.05, 0) is 54.7 Å². The summed E-state index contributed by atoms with van der Waals surface area (Å²) in [4.78, 5) is 25.8. The molecule has 1 saturated carbocycles. The first-order valence-electron chi connectivity index (χ1n) is 9.09. The third-order valence-corrected chi connectivity index (χ3v) is 4.53. The summed E-state index contributed by atoms with van der Waals surface area (Å²) >= 11 is 0.